The number of hydrogen-bond acceptors (Lipinski definition) is 3. The zero-order valence-electron chi connectivity index (χ0n) is 16.6. The van der Waals surface area contributed by atoms with E-state index >= 15 is 0 Å². The summed E-state index contributed by atoms with van der Waals surface area (Å²) in [5.41, 5.74) is 3.99. The highest BCUT2D eigenvalue weighted by Gasteiger charge is 2.28. The molecule has 0 radical (unpaired) electrons. The zero-order chi connectivity index (χ0) is 21.7. The van der Waals surface area contributed by atoms with Gasteiger partial charge in [0.05, 0.1) is 5.52 Å². The molecule has 1 N–H and O–H groups in total. The molecule has 5 nitrogen and oxygen atoms in total. The fraction of sp³-hybridized carbons (Fsp3) is 0.167. The number of carbonyl (C=O) groups is 1. The topological polar surface area (TPSA) is 64.2 Å². The van der Waals surface area contributed by atoms with Crippen LogP contribution in [-0.4, -0.2) is 10.5 Å². The number of halogens is 2. The van der Waals surface area contributed by atoms with Crippen LogP contribution in [0.1, 0.15) is 34.7 Å². The summed E-state index contributed by atoms with van der Waals surface area (Å²) in [5.74, 6) is -2.27. The maximum atomic E-state index is 13.8. The number of hydrogen-bond donors (Lipinski definition) is 1. The number of fused-ring (bicyclic) bond motifs is 1. The van der Waals surface area contributed by atoms with Crippen molar-refractivity contribution in [3.63, 3.8) is 0 Å². The predicted octanol–water partition coefficient (Wildman–Crippen LogP) is 5.21. The first kappa shape index (κ1) is 19.2. The van der Waals surface area contributed by atoms with Crippen molar-refractivity contribution in [2.75, 3.05) is 5.32 Å². The lowest BCUT2D eigenvalue weighted by Gasteiger charge is -2.11. The summed E-state index contributed by atoms with van der Waals surface area (Å²) in [6, 6.07) is 14.0. The summed E-state index contributed by atoms with van der Waals surface area (Å²) in [4.78, 5) is 24.4. The van der Waals surface area contributed by atoms with Crippen molar-refractivity contribution in [3.8, 4) is 11.1 Å². The normalized spacial score (nSPS) is 13.5. The van der Waals surface area contributed by atoms with E-state index in [4.69, 9.17) is 4.42 Å². The number of nitrogens with one attached hydrogen (secondary N) is 1. The number of carbonyl (C=O) groups excluding carboxylic acids is 1. The van der Waals surface area contributed by atoms with Gasteiger partial charge in [0.1, 0.15) is 17.3 Å². The molecule has 1 aliphatic carbocycles. The number of aryl methyl sites for hydroxylation is 1. The molecule has 0 saturated heterocycles. The van der Waals surface area contributed by atoms with Crippen LogP contribution in [0.5, 0.6) is 0 Å². The Labute approximate surface area is 175 Å². The molecule has 0 bridgehead atoms. The average molecular weight is 420 g/mol. The van der Waals surface area contributed by atoms with Gasteiger partial charge in [0.2, 0.25) is 0 Å². The molecular formula is C24H18F2N2O3. The summed E-state index contributed by atoms with van der Waals surface area (Å²) >= 11 is 0. The quantitative estimate of drug-likeness (QED) is 0.493. The summed E-state index contributed by atoms with van der Waals surface area (Å²) in [6.45, 7) is 0. The van der Waals surface area contributed by atoms with Gasteiger partial charge in [-0.2, -0.15) is 0 Å². The number of nitrogens with zero attached hydrogens (tertiary/aromatic N) is 1. The van der Waals surface area contributed by atoms with Crippen molar-refractivity contribution in [1.29, 1.82) is 0 Å². The third-order valence-electron chi connectivity index (χ3n) is 5.64. The number of aromatic nitrogens is 1. The molecule has 1 aliphatic rings. The summed E-state index contributed by atoms with van der Waals surface area (Å²) in [6.07, 6.45) is 2.16. The predicted molar refractivity (Wildman–Crippen MR) is 113 cm³/mol. The summed E-state index contributed by atoms with van der Waals surface area (Å²) in [7, 11) is 1.68. The van der Waals surface area contributed by atoms with Crippen molar-refractivity contribution in [2.45, 2.75) is 18.8 Å². The number of benzene rings is 3. The molecule has 0 spiro atoms. The molecule has 156 valence electrons. The molecule has 0 unspecified atom stereocenters. The molecule has 1 saturated carbocycles. The van der Waals surface area contributed by atoms with Crippen molar-refractivity contribution in [1.82, 2.24) is 4.57 Å². The van der Waals surface area contributed by atoms with Gasteiger partial charge in [-0.25, -0.2) is 13.6 Å². The molecule has 1 fully saturated rings. The monoisotopic (exact) mass is 420 g/mol. The van der Waals surface area contributed by atoms with Crippen LogP contribution in [-0.2, 0) is 7.05 Å². The fourth-order valence-electron chi connectivity index (χ4n) is 3.78. The molecule has 0 aliphatic heterocycles. The zero-order valence-corrected chi connectivity index (χ0v) is 16.6. The minimum absolute atomic E-state index is 0.270. The molecule has 3 aromatic carbocycles. The van der Waals surface area contributed by atoms with Crippen LogP contribution >= 0.6 is 0 Å². The van der Waals surface area contributed by atoms with E-state index in [1.807, 2.05) is 12.1 Å². The summed E-state index contributed by atoms with van der Waals surface area (Å²) in [5, 5.41) is 2.29. The minimum Gasteiger partial charge on any atom is -0.408 e. The third kappa shape index (κ3) is 3.42. The van der Waals surface area contributed by atoms with Gasteiger partial charge in [-0.05, 0) is 71.8 Å². The lowest BCUT2D eigenvalue weighted by molar-refractivity contribution is 0.102. The van der Waals surface area contributed by atoms with Crippen molar-refractivity contribution in [2.24, 2.45) is 7.05 Å². The van der Waals surface area contributed by atoms with Crippen LogP contribution in [0, 0.1) is 11.6 Å². The van der Waals surface area contributed by atoms with Gasteiger partial charge in [-0.15, -0.1) is 0 Å². The Kier molecular flexibility index (Phi) is 4.46. The van der Waals surface area contributed by atoms with Crippen LogP contribution in [0.25, 0.3) is 22.2 Å². The number of amides is 1. The second kappa shape index (κ2) is 7.19. The Balaban J connectivity index is 1.49. The van der Waals surface area contributed by atoms with Crippen molar-refractivity contribution >= 4 is 22.7 Å². The van der Waals surface area contributed by atoms with Crippen LogP contribution < -0.4 is 11.1 Å². The van der Waals surface area contributed by atoms with E-state index in [0.717, 1.165) is 47.2 Å². The Morgan fingerprint density at radius 3 is 2.39 bits per heavy atom. The van der Waals surface area contributed by atoms with Crippen molar-refractivity contribution in [3.05, 3.63) is 87.9 Å². The SMILES string of the molecule is Cn1c(=O)oc2cc(-c3ccc(C(=O)Nc4c(F)cccc4F)cc3)c(C3CC3)cc21. The Morgan fingerprint density at radius 1 is 1.06 bits per heavy atom. The third-order valence-corrected chi connectivity index (χ3v) is 5.64. The van der Waals surface area contributed by atoms with Gasteiger partial charge in [0.25, 0.3) is 5.91 Å². The molecule has 1 aromatic heterocycles. The van der Waals surface area contributed by atoms with E-state index in [9.17, 15) is 18.4 Å². The average Bonchev–Trinajstić information content (AvgIpc) is 3.57. The summed E-state index contributed by atoms with van der Waals surface area (Å²) < 4.78 is 34.4. The standard InChI is InChI=1S/C24H18F2N2O3/c1-28-20-11-16(13-5-6-13)17(12-21(20)31-24(28)30)14-7-9-15(10-8-14)23(29)27-22-18(25)3-2-4-19(22)26/h2-4,7-13H,5-6H2,1H3,(H,27,29). The van der Waals surface area contributed by atoms with E-state index in [-0.39, 0.29) is 5.56 Å². The number of para-hydroxylation sites is 1. The van der Waals surface area contributed by atoms with Gasteiger partial charge in [-0.3, -0.25) is 9.36 Å². The van der Waals surface area contributed by atoms with Crippen LogP contribution in [0.3, 0.4) is 0 Å². The van der Waals surface area contributed by atoms with E-state index < -0.39 is 29.0 Å². The first-order chi connectivity index (χ1) is 14.9. The maximum absolute atomic E-state index is 13.8. The minimum atomic E-state index is -0.836. The largest absolute Gasteiger partial charge is 0.419 e. The molecule has 1 heterocycles. The second-order valence-electron chi connectivity index (χ2n) is 7.74. The van der Waals surface area contributed by atoms with E-state index in [1.165, 1.54) is 10.6 Å². The second-order valence-corrected chi connectivity index (χ2v) is 7.74. The molecule has 31 heavy (non-hydrogen) atoms. The Hall–Kier alpha value is -3.74. The fourth-order valence-corrected chi connectivity index (χ4v) is 3.78. The van der Waals surface area contributed by atoms with Gasteiger partial charge in [0.15, 0.2) is 5.58 Å². The van der Waals surface area contributed by atoms with Gasteiger partial charge >= 0.3 is 5.76 Å². The lowest BCUT2D eigenvalue weighted by atomic mass is 9.95. The first-order valence-electron chi connectivity index (χ1n) is 9.91. The van der Waals surface area contributed by atoms with E-state index in [1.54, 1.807) is 31.3 Å². The molecule has 0 atom stereocenters. The van der Waals surface area contributed by atoms with E-state index in [0.29, 0.717) is 11.5 Å². The van der Waals surface area contributed by atoms with Crippen LogP contribution in [0.2, 0.25) is 0 Å². The van der Waals surface area contributed by atoms with Crippen LogP contribution in [0.15, 0.2) is 63.8 Å². The van der Waals surface area contributed by atoms with Gasteiger partial charge < -0.3 is 9.73 Å². The number of rotatable bonds is 4. The molecule has 7 heteroatoms. The highest BCUT2D eigenvalue weighted by Crippen LogP contribution is 2.45. The molecular weight excluding hydrogens is 402 g/mol. The number of anilines is 1. The van der Waals surface area contributed by atoms with E-state index in [2.05, 4.69) is 5.32 Å². The van der Waals surface area contributed by atoms with Gasteiger partial charge in [-0.1, -0.05) is 18.2 Å². The molecule has 1 amide bonds. The lowest BCUT2D eigenvalue weighted by Crippen LogP contribution is -2.14. The highest BCUT2D eigenvalue weighted by atomic mass is 19.1. The van der Waals surface area contributed by atoms with Gasteiger partial charge in [0, 0.05) is 12.6 Å². The van der Waals surface area contributed by atoms with Crippen LogP contribution in [0.4, 0.5) is 14.5 Å². The first-order valence-corrected chi connectivity index (χ1v) is 9.91. The maximum Gasteiger partial charge on any atom is 0.419 e. The smallest absolute Gasteiger partial charge is 0.408 e. The molecule has 5 rings (SSSR count). The molecule has 4 aromatic rings. The van der Waals surface area contributed by atoms with Crippen molar-refractivity contribution < 1.29 is 18.0 Å². The number of oxazole rings is 1. The Morgan fingerprint density at radius 2 is 1.74 bits per heavy atom. The Bertz CT molecular complexity index is 1360. The highest BCUT2D eigenvalue weighted by molar-refractivity contribution is 6.04.